The van der Waals surface area contributed by atoms with Crippen LogP contribution in [0.2, 0.25) is 0 Å². The van der Waals surface area contributed by atoms with Gasteiger partial charge in [0.25, 0.3) is 0 Å². The average Bonchev–Trinajstić information content (AvgIpc) is 3.30. The van der Waals surface area contributed by atoms with Crippen LogP contribution in [0.25, 0.3) is 0 Å². The molecule has 1 amide bonds. The highest BCUT2D eigenvalue weighted by Crippen LogP contribution is 2.52. The zero-order valence-corrected chi connectivity index (χ0v) is 20.0. The summed E-state index contributed by atoms with van der Waals surface area (Å²) in [7, 11) is 3.78. The van der Waals surface area contributed by atoms with Crippen LogP contribution >= 0.6 is 0 Å². The van der Waals surface area contributed by atoms with Gasteiger partial charge in [-0.05, 0) is 66.4 Å². The summed E-state index contributed by atoms with van der Waals surface area (Å²) in [6.07, 6.45) is 1.91. The molecule has 2 atom stereocenters. The van der Waals surface area contributed by atoms with Gasteiger partial charge in [-0.3, -0.25) is 10.2 Å². The van der Waals surface area contributed by atoms with Crippen LogP contribution in [-0.2, 0) is 11.8 Å². The number of anilines is 2. The number of methoxy groups -OCH3 is 1. The molecule has 1 fully saturated rings. The number of amides is 1. The lowest BCUT2D eigenvalue weighted by molar-refractivity contribution is 0.215. The first-order valence-corrected chi connectivity index (χ1v) is 11.8. The summed E-state index contributed by atoms with van der Waals surface area (Å²) in [5.41, 5.74) is 4.47. The Morgan fingerprint density at radius 1 is 1.06 bits per heavy atom. The molecule has 2 aliphatic heterocycles. The second-order valence-electron chi connectivity index (χ2n) is 9.35. The van der Waals surface area contributed by atoms with Crippen LogP contribution in [0.3, 0.4) is 0 Å². The van der Waals surface area contributed by atoms with Gasteiger partial charge in [0.15, 0.2) is 0 Å². The van der Waals surface area contributed by atoms with E-state index in [-0.39, 0.29) is 5.41 Å². The Morgan fingerprint density at radius 2 is 1.79 bits per heavy atom. The number of rotatable bonds is 6. The van der Waals surface area contributed by atoms with Gasteiger partial charge < -0.3 is 14.4 Å². The number of nitrogens with zero attached hydrogens (tertiary/aromatic N) is 2. The van der Waals surface area contributed by atoms with Crippen molar-refractivity contribution in [3.8, 4) is 11.5 Å². The molecule has 0 radical (unpaired) electrons. The number of benzene rings is 3. The molecule has 0 aliphatic carbocycles. The molecule has 1 N–H and O–H groups in total. The number of nitrogens with one attached hydrogen (secondary N) is 1. The highest BCUT2D eigenvalue weighted by Gasteiger charge is 2.53. The van der Waals surface area contributed by atoms with Gasteiger partial charge in [0, 0.05) is 36.9 Å². The van der Waals surface area contributed by atoms with Gasteiger partial charge in [-0.1, -0.05) is 37.3 Å². The third-order valence-corrected chi connectivity index (χ3v) is 7.24. The summed E-state index contributed by atoms with van der Waals surface area (Å²) in [5, 5.41) is 2.78. The lowest BCUT2D eigenvalue weighted by Crippen LogP contribution is -2.47. The van der Waals surface area contributed by atoms with Crippen molar-refractivity contribution in [3.05, 3.63) is 83.9 Å². The van der Waals surface area contributed by atoms with Crippen molar-refractivity contribution < 1.29 is 14.3 Å². The van der Waals surface area contributed by atoms with Crippen LogP contribution in [0.1, 0.15) is 24.5 Å². The molecule has 2 heterocycles. The molecule has 1 unspecified atom stereocenters. The summed E-state index contributed by atoms with van der Waals surface area (Å²) in [6, 6.07) is 23.8. The molecular weight excluding hydrogens is 426 g/mol. The number of carbonyl (C=O) groups excluding carboxylic acids is 1. The minimum atomic E-state index is -0.505. The van der Waals surface area contributed by atoms with Gasteiger partial charge in [0.1, 0.15) is 11.5 Å². The molecule has 1 saturated heterocycles. The van der Waals surface area contributed by atoms with Crippen LogP contribution < -0.4 is 19.7 Å². The number of ether oxygens (including phenoxy) is 2. The molecule has 0 bridgehead atoms. The largest absolute Gasteiger partial charge is 0.497 e. The minimum absolute atomic E-state index is 0.00734. The van der Waals surface area contributed by atoms with E-state index in [1.807, 2.05) is 12.1 Å². The predicted octanol–water partition coefficient (Wildman–Crippen LogP) is 5.29. The zero-order valence-electron chi connectivity index (χ0n) is 20.0. The summed E-state index contributed by atoms with van der Waals surface area (Å²) < 4.78 is 10.8. The molecule has 34 heavy (non-hydrogen) atoms. The summed E-state index contributed by atoms with van der Waals surface area (Å²) in [6.45, 7) is 4.42. The second kappa shape index (κ2) is 9.03. The molecule has 0 aromatic heterocycles. The van der Waals surface area contributed by atoms with Crippen LogP contribution in [0.15, 0.2) is 72.8 Å². The van der Waals surface area contributed by atoms with E-state index in [1.165, 1.54) is 16.8 Å². The Morgan fingerprint density at radius 3 is 2.53 bits per heavy atom. The Bertz CT molecular complexity index is 1170. The highest BCUT2D eigenvalue weighted by molar-refractivity contribution is 5.86. The van der Waals surface area contributed by atoms with Gasteiger partial charge >= 0.3 is 6.09 Å². The van der Waals surface area contributed by atoms with Crippen molar-refractivity contribution in [1.29, 1.82) is 0 Å². The quantitative estimate of drug-likeness (QED) is 0.545. The lowest BCUT2D eigenvalue weighted by atomic mass is 9.81. The minimum Gasteiger partial charge on any atom is -0.497 e. The van der Waals surface area contributed by atoms with Crippen molar-refractivity contribution in [1.82, 2.24) is 4.90 Å². The highest BCUT2D eigenvalue weighted by atomic mass is 16.6. The second-order valence-corrected chi connectivity index (χ2v) is 9.35. The molecule has 0 spiro atoms. The summed E-state index contributed by atoms with van der Waals surface area (Å²) >= 11 is 0. The van der Waals surface area contributed by atoms with E-state index in [9.17, 15) is 4.79 Å². The van der Waals surface area contributed by atoms with E-state index in [4.69, 9.17) is 9.47 Å². The number of hydrogen-bond donors (Lipinski definition) is 1. The predicted molar refractivity (Wildman–Crippen MR) is 135 cm³/mol. The van der Waals surface area contributed by atoms with Crippen molar-refractivity contribution in [3.63, 3.8) is 0 Å². The van der Waals surface area contributed by atoms with E-state index in [0.717, 1.165) is 31.7 Å². The fourth-order valence-corrected chi connectivity index (χ4v) is 5.53. The van der Waals surface area contributed by atoms with Crippen molar-refractivity contribution in [2.75, 3.05) is 37.5 Å². The van der Waals surface area contributed by atoms with Gasteiger partial charge in [-0.15, -0.1) is 0 Å². The van der Waals surface area contributed by atoms with Gasteiger partial charge in [0.2, 0.25) is 0 Å². The number of likely N-dealkylation sites (N-methyl/N-ethyl adjacent to an activating group) is 1. The first-order valence-electron chi connectivity index (χ1n) is 11.8. The van der Waals surface area contributed by atoms with E-state index in [2.05, 4.69) is 65.5 Å². The number of likely N-dealkylation sites (tertiary alicyclic amines) is 1. The fraction of sp³-hybridized carbons (Fsp3) is 0.321. The Balaban J connectivity index is 1.28. The number of fused-ring (bicyclic) bond motifs is 3. The van der Waals surface area contributed by atoms with Gasteiger partial charge in [-0.2, -0.15) is 0 Å². The molecule has 2 aliphatic rings. The molecular formula is C28H31N3O3. The van der Waals surface area contributed by atoms with Crippen molar-refractivity contribution in [2.24, 2.45) is 0 Å². The first kappa shape index (κ1) is 22.3. The summed E-state index contributed by atoms with van der Waals surface area (Å²) in [4.78, 5) is 17.5. The number of carbonyl (C=O) groups is 1. The van der Waals surface area contributed by atoms with Crippen molar-refractivity contribution in [2.45, 2.75) is 31.3 Å². The van der Waals surface area contributed by atoms with E-state index < -0.39 is 6.09 Å². The Hall–Kier alpha value is -3.51. The topological polar surface area (TPSA) is 54.0 Å². The maximum atomic E-state index is 12.5. The Kier molecular flexibility index (Phi) is 5.92. The van der Waals surface area contributed by atoms with Gasteiger partial charge in [-0.25, -0.2) is 4.79 Å². The molecule has 3 aromatic rings. The van der Waals surface area contributed by atoms with Crippen molar-refractivity contribution >= 4 is 17.5 Å². The Labute approximate surface area is 201 Å². The third-order valence-electron chi connectivity index (χ3n) is 7.24. The van der Waals surface area contributed by atoms with Crippen LogP contribution in [0, 0.1) is 0 Å². The SMILES string of the molecule is COc1ccc(NC(=O)Oc2ccc3c(c2)[C@]2(C)CCN(CCc4ccccc4)C2N3C)cc1. The van der Waals surface area contributed by atoms with E-state index >= 15 is 0 Å². The molecule has 6 heteroatoms. The smallest absolute Gasteiger partial charge is 0.417 e. The first-order chi connectivity index (χ1) is 16.5. The standard InChI is InChI=1S/C28H31N3O3/c1-28-16-18-31(17-15-20-7-5-4-6-8-20)26(28)30(2)25-14-13-23(19-24(25)28)34-27(32)29-21-9-11-22(33-3)12-10-21/h4-14,19,26H,15-18H2,1-3H3,(H,29,32)/t26?,28-/m0/s1. The molecule has 3 aromatic carbocycles. The van der Waals surface area contributed by atoms with E-state index in [0.29, 0.717) is 17.6 Å². The van der Waals surface area contributed by atoms with Crippen LogP contribution in [0.4, 0.5) is 16.2 Å². The zero-order chi connectivity index (χ0) is 23.7. The van der Waals surface area contributed by atoms with Gasteiger partial charge in [0.05, 0.1) is 13.3 Å². The maximum absolute atomic E-state index is 12.5. The van der Waals surface area contributed by atoms with Crippen LogP contribution in [0.5, 0.6) is 11.5 Å². The molecule has 5 rings (SSSR count). The molecule has 176 valence electrons. The third kappa shape index (κ3) is 4.10. The lowest BCUT2D eigenvalue weighted by Gasteiger charge is -2.34. The maximum Gasteiger partial charge on any atom is 0.417 e. The normalized spacial score (nSPS) is 21.1. The molecule has 0 saturated carbocycles. The monoisotopic (exact) mass is 457 g/mol. The average molecular weight is 458 g/mol. The van der Waals surface area contributed by atoms with E-state index in [1.54, 1.807) is 31.4 Å². The summed E-state index contributed by atoms with van der Waals surface area (Å²) in [5.74, 6) is 1.29. The van der Waals surface area contributed by atoms with Crippen LogP contribution in [-0.4, -0.2) is 44.4 Å². The number of hydrogen-bond acceptors (Lipinski definition) is 5. The molecule has 6 nitrogen and oxygen atoms in total. The fourth-order valence-electron chi connectivity index (χ4n) is 5.53.